The second kappa shape index (κ2) is 5.10. The quantitative estimate of drug-likeness (QED) is 0.885. The molecule has 1 heterocycles. The van der Waals surface area contributed by atoms with Crippen LogP contribution < -0.4 is 11.1 Å². The largest absolute Gasteiger partial charge is 0.368 e. The molecule has 1 amide bonds. The van der Waals surface area contributed by atoms with E-state index >= 15 is 0 Å². The standard InChI is InChI=1S/C12H13ClN4O/c1-8(12(14)18)15-11-6-7-17(16-11)10-5-3-2-4-9(10)13/h2-8H,1H3,(H2,14,18)(H,15,16). The van der Waals surface area contributed by atoms with Gasteiger partial charge in [0.2, 0.25) is 5.91 Å². The van der Waals surface area contributed by atoms with Gasteiger partial charge in [0, 0.05) is 12.3 Å². The van der Waals surface area contributed by atoms with Crippen LogP contribution in [-0.2, 0) is 4.79 Å². The lowest BCUT2D eigenvalue weighted by atomic mass is 10.3. The van der Waals surface area contributed by atoms with Gasteiger partial charge in [0.1, 0.15) is 11.9 Å². The van der Waals surface area contributed by atoms with Crippen molar-refractivity contribution in [2.45, 2.75) is 13.0 Å². The minimum absolute atomic E-state index is 0.428. The van der Waals surface area contributed by atoms with Gasteiger partial charge >= 0.3 is 0 Å². The van der Waals surface area contributed by atoms with Gasteiger partial charge < -0.3 is 11.1 Å². The molecule has 0 saturated carbocycles. The Labute approximate surface area is 110 Å². The Kier molecular flexibility index (Phi) is 3.53. The molecule has 0 bridgehead atoms. The normalized spacial score (nSPS) is 12.1. The summed E-state index contributed by atoms with van der Waals surface area (Å²) in [4.78, 5) is 10.9. The molecule has 94 valence electrons. The van der Waals surface area contributed by atoms with Crippen LogP contribution in [0.25, 0.3) is 5.69 Å². The SMILES string of the molecule is CC(Nc1ccn(-c2ccccc2Cl)n1)C(N)=O. The first-order chi connectivity index (χ1) is 8.58. The van der Waals surface area contributed by atoms with Crippen LogP contribution in [0.5, 0.6) is 0 Å². The van der Waals surface area contributed by atoms with E-state index in [9.17, 15) is 4.79 Å². The van der Waals surface area contributed by atoms with Crippen LogP contribution in [-0.4, -0.2) is 21.7 Å². The topological polar surface area (TPSA) is 72.9 Å². The van der Waals surface area contributed by atoms with E-state index in [1.165, 1.54) is 0 Å². The Morgan fingerprint density at radius 2 is 2.17 bits per heavy atom. The van der Waals surface area contributed by atoms with Gasteiger partial charge in [0.15, 0.2) is 0 Å². The highest BCUT2D eigenvalue weighted by atomic mass is 35.5. The smallest absolute Gasteiger partial charge is 0.239 e. The maximum absolute atomic E-state index is 10.9. The summed E-state index contributed by atoms with van der Waals surface area (Å²) in [6.45, 7) is 1.68. The van der Waals surface area contributed by atoms with E-state index < -0.39 is 11.9 Å². The maximum atomic E-state index is 10.9. The van der Waals surface area contributed by atoms with Crippen LogP contribution in [0, 0.1) is 0 Å². The second-order valence-corrected chi connectivity index (χ2v) is 4.27. The molecule has 3 N–H and O–H groups in total. The van der Waals surface area contributed by atoms with Gasteiger partial charge in [-0.3, -0.25) is 4.79 Å². The Morgan fingerprint density at radius 1 is 1.44 bits per heavy atom. The summed E-state index contributed by atoms with van der Waals surface area (Å²) < 4.78 is 1.64. The van der Waals surface area contributed by atoms with Gasteiger partial charge in [0.05, 0.1) is 10.7 Å². The highest BCUT2D eigenvalue weighted by molar-refractivity contribution is 6.32. The summed E-state index contributed by atoms with van der Waals surface area (Å²) >= 11 is 6.07. The molecule has 1 unspecified atom stereocenters. The number of halogens is 1. The summed E-state index contributed by atoms with van der Waals surface area (Å²) in [5.41, 5.74) is 5.95. The number of benzene rings is 1. The molecule has 6 heteroatoms. The number of nitrogens with zero attached hydrogens (tertiary/aromatic N) is 2. The number of nitrogens with one attached hydrogen (secondary N) is 1. The third-order valence-electron chi connectivity index (χ3n) is 2.48. The molecule has 1 aromatic heterocycles. The lowest BCUT2D eigenvalue weighted by molar-refractivity contribution is -0.118. The molecular weight excluding hydrogens is 252 g/mol. The van der Waals surface area contributed by atoms with Crippen LogP contribution in [0.1, 0.15) is 6.92 Å². The molecular formula is C12H13ClN4O. The number of hydrogen-bond donors (Lipinski definition) is 2. The van der Waals surface area contributed by atoms with Crippen molar-refractivity contribution in [2.24, 2.45) is 5.73 Å². The minimum atomic E-state index is -0.473. The summed E-state index contributed by atoms with van der Waals surface area (Å²) in [6, 6.07) is 8.66. The van der Waals surface area contributed by atoms with Crippen molar-refractivity contribution in [1.82, 2.24) is 9.78 Å². The summed E-state index contributed by atoms with van der Waals surface area (Å²) in [6.07, 6.45) is 1.76. The number of amides is 1. The van der Waals surface area contributed by atoms with Crippen molar-refractivity contribution < 1.29 is 4.79 Å². The molecule has 0 aliphatic carbocycles. The lowest BCUT2D eigenvalue weighted by Gasteiger charge is -2.08. The fourth-order valence-electron chi connectivity index (χ4n) is 1.47. The molecule has 0 aliphatic rings. The zero-order chi connectivity index (χ0) is 13.1. The van der Waals surface area contributed by atoms with Gasteiger partial charge in [-0.15, -0.1) is 0 Å². The fourth-order valence-corrected chi connectivity index (χ4v) is 1.69. The lowest BCUT2D eigenvalue weighted by Crippen LogP contribution is -2.32. The molecule has 5 nitrogen and oxygen atoms in total. The second-order valence-electron chi connectivity index (χ2n) is 3.87. The van der Waals surface area contributed by atoms with Crippen molar-refractivity contribution in [3.05, 3.63) is 41.6 Å². The van der Waals surface area contributed by atoms with Crippen LogP contribution in [0.15, 0.2) is 36.5 Å². The molecule has 2 rings (SSSR count). The summed E-state index contributed by atoms with van der Waals surface area (Å²) in [7, 11) is 0. The van der Waals surface area contributed by atoms with E-state index in [1.807, 2.05) is 18.2 Å². The molecule has 1 atom stereocenters. The van der Waals surface area contributed by atoms with Gasteiger partial charge in [-0.05, 0) is 19.1 Å². The molecule has 2 aromatic rings. The van der Waals surface area contributed by atoms with Crippen molar-refractivity contribution >= 4 is 23.3 Å². The monoisotopic (exact) mass is 264 g/mol. The Bertz CT molecular complexity index is 567. The Balaban J connectivity index is 2.21. The number of hydrogen-bond acceptors (Lipinski definition) is 3. The van der Waals surface area contributed by atoms with Gasteiger partial charge in [-0.1, -0.05) is 23.7 Å². The number of anilines is 1. The van der Waals surface area contributed by atoms with Crippen LogP contribution in [0.4, 0.5) is 5.82 Å². The molecule has 1 aromatic carbocycles. The molecule has 0 spiro atoms. The molecule has 0 aliphatic heterocycles. The molecule has 18 heavy (non-hydrogen) atoms. The third-order valence-corrected chi connectivity index (χ3v) is 2.80. The fraction of sp³-hybridized carbons (Fsp3) is 0.167. The zero-order valence-corrected chi connectivity index (χ0v) is 10.6. The van der Waals surface area contributed by atoms with Crippen molar-refractivity contribution in [3.8, 4) is 5.69 Å². The van der Waals surface area contributed by atoms with Crippen LogP contribution in [0.3, 0.4) is 0 Å². The number of primary amides is 1. The van der Waals surface area contributed by atoms with Crippen molar-refractivity contribution in [2.75, 3.05) is 5.32 Å². The minimum Gasteiger partial charge on any atom is -0.368 e. The van der Waals surface area contributed by atoms with Crippen molar-refractivity contribution in [1.29, 1.82) is 0 Å². The highest BCUT2D eigenvalue weighted by Crippen LogP contribution is 2.20. The summed E-state index contributed by atoms with van der Waals surface area (Å²) in [5.74, 6) is 0.142. The zero-order valence-electron chi connectivity index (χ0n) is 9.80. The number of aromatic nitrogens is 2. The Hall–Kier alpha value is -2.01. The number of carbonyl (C=O) groups excluding carboxylic acids is 1. The number of para-hydroxylation sites is 1. The first-order valence-electron chi connectivity index (χ1n) is 5.44. The van der Waals surface area contributed by atoms with E-state index in [1.54, 1.807) is 29.9 Å². The number of rotatable bonds is 4. The van der Waals surface area contributed by atoms with Gasteiger partial charge in [-0.2, -0.15) is 5.10 Å². The van der Waals surface area contributed by atoms with E-state index in [0.717, 1.165) is 5.69 Å². The molecule has 0 saturated heterocycles. The average Bonchev–Trinajstić information content (AvgIpc) is 2.77. The molecule has 0 fully saturated rings. The van der Waals surface area contributed by atoms with Crippen molar-refractivity contribution in [3.63, 3.8) is 0 Å². The predicted molar refractivity (Wildman–Crippen MR) is 70.9 cm³/mol. The first kappa shape index (κ1) is 12.4. The number of carbonyl (C=O) groups is 1. The van der Waals surface area contributed by atoms with Crippen LogP contribution >= 0.6 is 11.6 Å². The molecule has 0 radical (unpaired) electrons. The van der Waals surface area contributed by atoms with E-state index in [4.69, 9.17) is 17.3 Å². The maximum Gasteiger partial charge on any atom is 0.239 e. The van der Waals surface area contributed by atoms with Crippen LogP contribution in [0.2, 0.25) is 5.02 Å². The van der Waals surface area contributed by atoms with E-state index in [-0.39, 0.29) is 0 Å². The third kappa shape index (κ3) is 2.62. The first-order valence-corrected chi connectivity index (χ1v) is 5.82. The average molecular weight is 265 g/mol. The number of nitrogens with two attached hydrogens (primary N) is 1. The summed E-state index contributed by atoms with van der Waals surface area (Å²) in [5, 5.41) is 7.78. The van der Waals surface area contributed by atoms with E-state index in [2.05, 4.69) is 10.4 Å². The predicted octanol–water partition coefficient (Wildman–Crippen LogP) is 1.81. The van der Waals surface area contributed by atoms with E-state index in [0.29, 0.717) is 10.8 Å². The Morgan fingerprint density at radius 3 is 2.83 bits per heavy atom. The van der Waals surface area contributed by atoms with Gasteiger partial charge in [0.25, 0.3) is 0 Å². The highest BCUT2D eigenvalue weighted by Gasteiger charge is 2.10. The van der Waals surface area contributed by atoms with Gasteiger partial charge in [-0.25, -0.2) is 4.68 Å².